The van der Waals surface area contributed by atoms with Crippen molar-refractivity contribution in [3.05, 3.63) is 170 Å². The van der Waals surface area contributed by atoms with Gasteiger partial charge in [-0.1, -0.05) is 145 Å². The Labute approximate surface area is 294 Å². The molecule has 50 heavy (non-hydrogen) atoms. The van der Waals surface area contributed by atoms with Crippen LogP contribution in [-0.2, 0) is 0 Å². The van der Waals surface area contributed by atoms with E-state index in [-0.39, 0.29) is 29.7 Å². The maximum absolute atomic E-state index is 8.80. The summed E-state index contributed by atoms with van der Waals surface area (Å²) in [6.07, 6.45) is 0. The predicted octanol–water partition coefficient (Wildman–Crippen LogP) is 11.5. The second-order valence-corrected chi connectivity index (χ2v) is 12.0. The molecule has 3 aromatic heterocycles. The molecule has 7 aromatic carbocycles. The van der Waals surface area contributed by atoms with Crippen molar-refractivity contribution in [1.82, 2.24) is 19.5 Å². The fourth-order valence-electron chi connectivity index (χ4n) is 7.00. The highest BCUT2D eigenvalue weighted by Crippen LogP contribution is 2.43. The average molecular weight is 646 g/mol. The number of hydrogen-bond donors (Lipinski definition) is 0. The monoisotopic (exact) mass is 645 g/mol. The van der Waals surface area contributed by atoms with Crippen molar-refractivity contribution in [2.75, 3.05) is 0 Å². The van der Waals surface area contributed by atoms with Gasteiger partial charge in [-0.3, -0.25) is 0 Å². The van der Waals surface area contributed by atoms with Gasteiger partial charge in [-0.2, -0.15) is 0 Å². The molecule has 10 rings (SSSR count). The molecular weight excluding hydrogens is 613 g/mol. The van der Waals surface area contributed by atoms with Crippen molar-refractivity contribution in [3.8, 4) is 51.0 Å². The first-order valence-electron chi connectivity index (χ1n) is 18.8. The van der Waals surface area contributed by atoms with Gasteiger partial charge < -0.3 is 8.98 Å². The topological polar surface area (TPSA) is 56.7 Å². The maximum Gasteiger partial charge on any atom is 0.164 e. The van der Waals surface area contributed by atoms with E-state index < -0.39 is 6.04 Å². The molecule has 0 atom stereocenters. The SMILES string of the molecule is [2H]c1c([2H])c([2H])c(-c2cccc3c2c2ccccc2n3-c2cccc3c2oc2cccc(-c4nc(-c5ccccc5)nc(-c5ccccc5)n4)c23)c([2H])c1[2H]. The Morgan fingerprint density at radius 3 is 1.82 bits per heavy atom. The molecule has 3 heterocycles. The molecule has 0 aliphatic heterocycles. The summed E-state index contributed by atoms with van der Waals surface area (Å²) in [5.74, 6) is 1.65. The Hall–Kier alpha value is -6.85. The minimum Gasteiger partial charge on any atom is -0.454 e. The van der Waals surface area contributed by atoms with Crippen LogP contribution in [0.5, 0.6) is 0 Å². The van der Waals surface area contributed by atoms with Crippen molar-refractivity contribution in [2.45, 2.75) is 0 Å². The van der Waals surface area contributed by atoms with Crippen LogP contribution in [0.25, 0.3) is 94.7 Å². The van der Waals surface area contributed by atoms with Crippen molar-refractivity contribution >= 4 is 43.7 Å². The van der Waals surface area contributed by atoms with Gasteiger partial charge in [0.1, 0.15) is 5.58 Å². The van der Waals surface area contributed by atoms with Gasteiger partial charge in [0, 0.05) is 38.2 Å². The second-order valence-electron chi connectivity index (χ2n) is 12.0. The number of furan rings is 1. The number of benzene rings is 7. The third kappa shape index (κ3) is 4.45. The fourth-order valence-corrected chi connectivity index (χ4v) is 7.00. The third-order valence-corrected chi connectivity index (χ3v) is 9.15. The van der Waals surface area contributed by atoms with Crippen LogP contribution in [0.2, 0.25) is 0 Å². The highest BCUT2D eigenvalue weighted by Gasteiger charge is 2.22. The summed E-state index contributed by atoms with van der Waals surface area (Å²) >= 11 is 0. The van der Waals surface area contributed by atoms with Gasteiger partial charge in [0.05, 0.1) is 23.6 Å². The van der Waals surface area contributed by atoms with Crippen LogP contribution in [-0.4, -0.2) is 19.5 Å². The number of aromatic nitrogens is 4. The van der Waals surface area contributed by atoms with Crippen LogP contribution in [0.15, 0.2) is 174 Å². The third-order valence-electron chi connectivity index (χ3n) is 9.15. The van der Waals surface area contributed by atoms with Gasteiger partial charge in [-0.15, -0.1) is 0 Å². The number of hydrogen-bond acceptors (Lipinski definition) is 4. The van der Waals surface area contributed by atoms with Crippen molar-refractivity contribution in [2.24, 2.45) is 0 Å². The fraction of sp³-hybridized carbons (Fsp3) is 0. The summed E-state index contributed by atoms with van der Waals surface area (Å²) in [5, 5.41) is 3.39. The quantitative estimate of drug-likeness (QED) is 0.187. The summed E-state index contributed by atoms with van der Waals surface area (Å²) < 4.78 is 51.5. The van der Waals surface area contributed by atoms with E-state index in [2.05, 4.69) is 4.57 Å². The Balaban J connectivity index is 1.24. The van der Waals surface area contributed by atoms with E-state index >= 15 is 0 Å². The van der Waals surface area contributed by atoms with E-state index in [1.54, 1.807) is 0 Å². The summed E-state index contributed by atoms with van der Waals surface area (Å²) in [5.41, 5.74) is 7.07. The van der Waals surface area contributed by atoms with Gasteiger partial charge in [-0.25, -0.2) is 15.0 Å². The van der Waals surface area contributed by atoms with Crippen LogP contribution in [0.3, 0.4) is 0 Å². The van der Waals surface area contributed by atoms with Crippen LogP contribution in [0, 0.1) is 0 Å². The average Bonchev–Trinajstić information content (AvgIpc) is 3.79. The van der Waals surface area contributed by atoms with E-state index in [0.29, 0.717) is 34.2 Å². The first-order valence-corrected chi connectivity index (χ1v) is 16.3. The van der Waals surface area contributed by atoms with Crippen LogP contribution < -0.4 is 0 Å². The molecule has 0 aliphatic carbocycles. The Kier molecular flexibility index (Phi) is 5.35. The lowest BCUT2D eigenvalue weighted by atomic mass is 9.99. The molecule has 10 aromatic rings. The predicted molar refractivity (Wildman–Crippen MR) is 203 cm³/mol. The molecule has 234 valence electrons. The van der Waals surface area contributed by atoms with Crippen molar-refractivity contribution in [1.29, 1.82) is 0 Å². The first kappa shape index (κ1) is 23.5. The van der Waals surface area contributed by atoms with Crippen LogP contribution in [0.4, 0.5) is 0 Å². The Morgan fingerprint density at radius 1 is 0.460 bits per heavy atom. The molecule has 0 saturated carbocycles. The lowest BCUT2D eigenvalue weighted by Gasteiger charge is -2.10. The molecule has 0 saturated heterocycles. The highest BCUT2D eigenvalue weighted by molar-refractivity contribution is 6.18. The van der Waals surface area contributed by atoms with Gasteiger partial charge in [0.25, 0.3) is 0 Å². The zero-order chi connectivity index (χ0) is 37.4. The molecule has 0 radical (unpaired) electrons. The number of nitrogens with zero attached hydrogens (tertiary/aromatic N) is 4. The van der Waals surface area contributed by atoms with E-state index in [0.717, 1.165) is 55.0 Å². The largest absolute Gasteiger partial charge is 0.454 e. The molecule has 5 heteroatoms. The Bertz CT molecular complexity index is 3070. The van der Waals surface area contributed by atoms with Gasteiger partial charge in [0.2, 0.25) is 0 Å². The minimum absolute atomic E-state index is 0.160. The normalized spacial score (nSPS) is 13.0. The van der Waals surface area contributed by atoms with Gasteiger partial charge in [0.15, 0.2) is 23.1 Å². The van der Waals surface area contributed by atoms with Gasteiger partial charge in [-0.05, 0) is 35.4 Å². The van der Waals surface area contributed by atoms with Crippen molar-refractivity contribution < 1.29 is 11.3 Å². The van der Waals surface area contributed by atoms with E-state index in [1.807, 2.05) is 140 Å². The van der Waals surface area contributed by atoms with E-state index in [4.69, 9.17) is 26.2 Å². The minimum atomic E-state index is -0.422. The lowest BCUT2D eigenvalue weighted by Crippen LogP contribution is -2.00. The van der Waals surface area contributed by atoms with Crippen LogP contribution in [0.1, 0.15) is 6.85 Å². The molecule has 0 aliphatic rings. The molecule has 0 unspecified atom stereocenters. The molecule has 0 fully saturated rings. The van der Waals surface area contributed by atoms with E-state index in [9.17, 15) is 0 Å². The summed E-state index contributed by atoms with van der Waals surface area (Å²) in [6.45, 7) is 0. The van der Waals surface area contributed by atoms with E-state index in [1.165, 1.54) is 0 Å². The molecule has 5 nitrogen and oxygen atoms in total. The van der Waals surface area contributed by atoms with Crippen molar-refractivity contribution in [3.63, 3.8) is 0 Å². The Morgan fingerprint density at radius 2 is 1.06 bits per heavy atom. The zero-order valence-corrected chi connectivity index (χ0v) is 26.5. The lowest BCUT2D eigenvalue weighted by molar-refractivity contribution is 0.666. The molecular formula is C45H28N4O. The maximum atomic E-state index is 8.80. The molecule has 0 bridgehead atoms. The van der Waals surface area contributed by atoms with Crippen LogP contribution >= 0.6 is 0 Å². The number of fused-ring (bicyclic) bond motifs is 6. The van der Waals surface area contributed by atoms with Gasteiger partial charge >= 0.3 is 0 Å². The number of para-hydroxylation sites is 2. The summed E-state index contributed by atoms with van der Waals surface area (Å²) in [7, 11) is 0. The highest BCUT2D eigenvalue weighted by atomic mass is 16.3. The zero-order valence-electron chi connectivity index (χ0n) is 31.5. The molecule has 0 N–H and O–H groups in total. The summed E-state index contributed by atoms with van der Waals surface area (Å²) in [6, 6.07) is 43.7. The molecule has 0 spiro atoms. The second kappa shape index (κ2) is 11.4. The number of rotatable bonds is 5. The standard InChI is InChI=1S/C45H28N4O/c1-4-15-29(16-5-1)32-22-12-26-37-40(32)33-21-10-11-25-36(33)49(37)38-27-13-23-34-41-35(24-14-28-39(41)50-42(34)38)45-47-43(30-17-6-2-7-18-30)46-44(48-45)31-19-8-3-9-20-31/h1-28H/i1D,4D,5D,15D,16D. The smallest absolute Gasteiger partial charge is 0.164 e. The first-order chi connectivity index (χ1) is 26.9. The molecule has 0 amide bonds. The summed E-state index contributed by atoms with van der Waals surface area (Å²) in [4.78, 5) is 14.9.